The van der Waals surface area contributed by atoms with Crippen LogP contribution in [0.2, 0.25) is 0 Å². The van der Waals surface area contributed by atoms with Gasteiger partial charge in [-0.2, -0.15) is 0 Å². The first-order valence-electron chi connectivity index (χ1n) is 5.87. The van der Waals surface area contributed by atoms with Crippen LogP contribution >= 0.6 is 0 Å². The average molecular weight is 217 g/mol. The van der Waals surface area contributed by atoms with Gasteiger partial charge in [-0.25, -0.2) is 0 Å². The Balaban J connectivity index is 2.11. The van der Waals surface area contributed by atoms with E-state index in [2.05, 4.69) is 28.5 Å². The predicted octanol–water partition coefficient (Wildman–Crippen LogP) is 2.31. The van der Waals surface area contributed by atoms with Gasteiger partial charge in [0.2, 0.25) is 0 Å². The lowest BCUT2D eigenvalue weighted by molar-refractivity contribution is 0.833. The summed E-state index contributed by atoms with van der Waals surface area (Å²) >= 11 is 0. The third-order valence-corrected chi connectivity index (χ3v) is 2.77. The minimum Gasteiger partial charge on any atom is -0.370 e. The van der Waals surface area contributed by atoms with Crippen molar-refractivity contribution in [3.63, 3.8) is 0 Å². The van der Waals surface area contributed by atoms with Crippen molar-refractivity contribution >= 4 is 11.6 Å². The number of nitrogens with zero attached hydrogens (tertiary/aromatic N) is 1. The molecule has 3 heteroatoms. The van der Waals surface area contributed by atoms with Gasteiger partial charge in [0.1, 0.15) is 0 Å². The number of aryl methyl sites for hydroxylation is 2. The maximum Gasteiger partial charge on any atom is 0.193 e. The lowest BCUT2D eigenvalue weighted by Crippen LogP contribution is -2.24. The Morgan fingerprint density at radius 1 is 1.31 bits per heavy atom. The molecule has 2 rings (SSSR count). The van der Waals surface area contributed by atoms with Crippen LogP contribution in [0.1, 0.15) is 31.4 Å². The van der Waals surface area contributed by atoms with E-state index in [1.54, 1.807) is 0 Å². The van der Waals surface area contributed by atoms with Crippen molar-refractivity contribution in [3.05, 3.63) is 29.3 Å². The first-order valence-corrected chi connectivity index (χ1v) is 5.87. The quantitative estimate of drug-likeness (QED) is 0.590. The molecule has 0 unspecified atom stereocenters. The topological polar surface area (TPSA) is 50.4 Å². The highest BCUT2D eigenvalue weighted by Crippen LogP contribution is 2.24. The number of fused-ring (bicyclic) bond motifs is 1. The standard InChI is InChI=1S/C13H19N3/c1-9(2)15-13(14)16-12-7-6-10-4-3-5-11(10)8-12/h6-9H,3-5H2,1-2H3,(H3,14,15,16). The lowest BCUT2D eigenvalue weighted by Gasteiger charge is -2.08. The zero-order valence-electron chi connectivity index (χ0n) is 9.96. The number of hydrogen-bond donors (Lipinski definition) is 2. The Kier molecular flexibility index (Phi) is 3.13. The first-order chi connectivity index (χ1) is 7.65. The summed E-state index contributed by atoms with van der Waals surface area (Å²) in [4.78, 5) is 4.25. The molecule has 0 atom stereocenters. The number of nitrogens with two attached hydrogens (primary N) is 1. The second-order valence-corrected chi connectivity index (χ2v) is 4.57. The zero-order valence-corrected chi connectivity index (χ0v) is 9.96. The Labute approximate surface area is 96.8 Å². The molecule has 0 amide bonds. The van der Waals surface area contributed by atoms with E-state index in [-0.39, 0.29) is 6.04 Å². The number of anilines is 1. The van der Waals surface area contributed by atoms with Crippen molar-refractivity contribution in [3.8, 4) is 0 Å². The fourth-order valence-electron chi connectivity index (χ4n) is 2.11. The fourth-order valence-corrected chi connectivity index (χ4v) is 2.11. The van der Waals surface area contributed by atoms with Gasteiger partial charge in [-0.3, -0.25) is 4.99 Å². The molecule has 1 aliphatic rings. The van der Waals surface area contributed by atoms with E-state index in [0.717, 1.165) is 5.69 Å². The molecule has 1 aromatic carbocycles. The summed E-state index contributed by atoms with van der Waals surface area (Å²) in [6.45, 7) is 4.02. The van der Waals surface area contributed by atoms with Crippen molar-refractivity contribution in [1.82, 2.24) is 0 Å². The van der Waals surface area contributed by atoms with E-state index in [9.17, 15) is 0 Å². The monoisotopic (exact) mass is 217 g/mol. The molecule has 0 saturated carbocycles. The normalized spacial score (nSPS) is 15.3. The summed E-state index contributed by atoms with van der Waals surface area (Å²) in [5.74, 6) is 0.493. The van der Waals surface area contributed by atoms with E-state index in [0.29, 0.717) is 5.96 Å². The second-order valence-electron chi connectivity index (χ2n) is 4.57. The van der Waals surface area contributed by atoms with Gasteiger partial charge >= 0.3 is 0 Å². The molecule has 86 valence electrons. The Hall–Kier alpha value is -1.51. The van der Waals surface area contributed by atoms with Crippen LogP contribution < -0.4 is 11.1 Å². The van der Waals surface area contributed by atoms with Crippen LogP contribution in [-0.2, 0) is 12.8 Å². The molecule has 0 aliphatic heterocycles. The largest absolute Gasteiger partial charge is 0.370 e. The maximum atomic E-state index is 5.79. The summed E-state index contributed by atoms with van der Waals surface area (Å²) in [7, 11) is 0. The molecule has 0 bridgehead atoms. The SMILES string of the molecule is CC(C)N=C(N)Nc1ccc2c(c1)CCC2. The van der Waals surface area contributed by atoms with Crippen LogP contribution in [0.4, 0.5) is 5.69 Å². The Morgan fingerprint density at radius 3 is 2.81 bits per heavy atom. The number of guanidine groups is 1. The van der Waals surface area contributed by atoms with Crippen molar-refractivity contribution < 1.29 is 0 Å². The van der Waals surface area contributed by atoms with E-state index >= 15 is 0 Å². The van der Waals surface area contributed by atoms with Gasteiger partial charge in [0.25, 0.3) is 0 Å². The number of nitrogens with one attached hydrogen (secondary N) is 1. The molecule has 0 fully saturated rings. The third-order valence-electron chi connectivity index (χ3n) is 2.77. The van der Waals surface area contributed by atoms with Crippen LogP contribution in [-0.4, -0.2) is 12.0 Å². The van der Waals surface area contributed by atoms with Gasteiger partial charge in [-0.1, -0.05) is 6.07 Å². The number of rotatable bonds is 2. The molecule has 3 nitrogen and oxygen atoms in total. The summed E-state index contributed by atoms with van der Waals surface area (Å²) in [6, 6.07) is 6.67. The van der Waals surface area contributed by atoms with E-state index < -0.39 is 0 Å². The van der Waals surface area contributed by atoms with E-state index in [4.69, 9.17) is 5.73 Å². The van der Waals surface area contributed by atoms with Crippen molar-refractivity contribution in [2.75, 3.05) is 5.32 Å². The Bertz CT molecular complexity index is 408. The molecule has 0 saturated heterocycles. The highest BCUT2D eigenvalue weighted by molar-refractivity contribution is 5.92. The Morgan fingerprint density at radius 2 is 2.06 bits per heavy atom. The molecular weight excluding hydrogens is 198 g/mol. The minimum absolute atomic E-state index is 0.224. The molecule has 0 radical (unpaired) electrons. The maximum absolute atomic E-state index is 5.79. The molecule has 3 N–H and O–H groups in total. The lowest BCUT2D eigenvalue weighted by atomic mass is 10.1. The van der Waals surface area contributed by atoms with Crippen molar-refractivity contribution in [2.24, 2.45) is 10.7 Å². The van der Waals surface area contributed by atoms with Gasteiger partial charge in [0.15, 0.2) is 5.96 Å². The molecule has 1 aromatic rings. The van der Waals surface area contributed by atoms with E-state index in [1.165, 1.54) is 30.4 Å². The second kappa shape index (κ2) is 4.56. The van der Waals surface area contributed by atoms with Gasteiger partial charge in [0.05, 0.1) is 0 Å². The summed E-state index contributed by atoms with van der Waals surface area (Å²) in [6.07, 6.45) is 3.67. The molecule has 0 heterocycles. The van der Waals surface area contributed by atoms with Gasteiger partial charge in [-0.05, 0) is 56.4 Å². The molecule has 1 aliphatic carbocycles. The highest BCUT2D eigenvalue weighted by atomic mass is 15.1. The third kappa shape index (κ3) is 2.54. The van der Waals surface area contributed by atoms with Crippen molar-refractivity contribution in [2.45, 2.75) is 39.2 Å². The van der Waals surface area contributed by atoms with Crippen LogP contribution in [0.3, 0.4) is 0 Å². The first kappa shape index (κ1) is 11.0. The number of aliphatic imine (C=N–C) groups is 1. The minimum atomic E-state index is 0.224. The number of benzene rings is 1. The zero-order chi connectivity index (χ0) is 11.5. The molecular formula is C13H19N3. The number of hydrogen-bond acceptors (Lipinski definition) is 1. The van der Waals surface area contributed by atoms with Crippen LogP contribution in [0.15, 0.2) is 23.2 Å². The summed E-state index contributed by atoms with van der Waals surface area (Å²) in [5.41, 5.74) is 9.76. The summed E-state index contributed by atoms with van der Waals surface area (Å²) in [5, 5.41) is 3.13. The molecule has 0 spiro atoms. The smallest absolute Gasteiger partial charge is 0.193 e. The van der Waals surface area contributed by atoms with Crippen LogP contribution in [0.5, 0.6) is 0 Å². The fraction of sp³-hybridized carbons (Fsp3) is 0.462. The summed E-state index contributed by atoms with van der Waals surface area (Å²) < 4.78 is 0. The average Bonchev–Trinajstić information content (AvgIpc) is 2.63. The predicted molar refractivity (Wildman–Crippen MR) is 68.8 cm³/mol. The van der Waals surface area contributed by atoms with E-state index in [1.807, 2.05) is 13.8 Å². The molecule has 0 aromatic heterocycles. The van der Waals surface area contributed by atoms with Gasteiger partial charge in [0, 0.05) is 11.7 Å². The molecule has 16 heavy (non-hydrogen) atoms. The van der Waals surface area contributed by atoms with Gasteiger partial charge in [-0.15, -0.1) is 0 Å². The van der Waals surface area contributed by atoms with Crippen molar-refractivity contribution in [1.29, 1.82) is 0 Å². The van der Waals surface area contributed by atoms with Crippen LogP contribution in [0.25, 0.3) is 0 Å². The highest BCUT2D eigenvalue weighted by Gasteiger charge is 2.10. The van der Waals surface area contributed by atoms with Gasteiger partial charge < -0.3 is 11.1 Å². The van der Waals surface area contributed by atoms with Crippen LogP contribution in [0, 0.1) is 0 Å².